The molecule has 18 heavy (non-hydrogen) atoms. The van der Waals surface area contributed by atoms with Gasteiger partial charge < -0.3 is 5.32 Å². The average Bonchev–Trinajstić information content (AvgIpc) is 2.35. The SMILES string of the molecule is CCCCNC(=NCc1ccc(F)cc1F)NN. The van der Waals surface area contributed by atoms with Gasteiger partial charge in [-0.25, -0.2) is 19.6 Å². The topological polar surface area (TPSA) is 62.4 Å². The van der Waals surface area contributed by atoms with Crippen LogP contribution in [0.15, 0.2) is 23.2 Å². The third-order valence-corrected chi connectivity index (χ3v) is 2.38. The number of benzene rings is 1. The van der Waals surface area contributed by atoms with E-state index in [4.69, 9.17) is 5.84 Å². The molecule has 6 heteroatoms. The number of rotatable bonds is 5. The van der Waals surface area contributed by atoms with E-state index in [1.54, 1.807) is 0 Å². The van der Waals surface area contributed by atoms with Gasteiger partial charge in [0.1, 0.15) is 11.6 Å². The van der Waals surface area contributed by atoms with Gasteiger partial charge in [0.25, 0.3) is 0 Å². The lowest BCUT2D eigenvalue weighted by molar-refractivity contribution is 0.572. The molecule has 4 nitrogen and oxygen atoms in total. The Hall–Kier alpha value is -1.69. The largest absolute Gasteiger partial charge is 0.355 e. The normalized spacial score (nSPS) is 11.4. The van der Waals surface area contributed by atoms with Crippen molar-refractivity contribution in [3.8, 4) is 0 Å². The van der Waals surface area contributed by atoms with Gasteiger partial charge in [-0.2, -0.15) is 0 Å². The summed E-state index contributed by atoms with van der Waals surface area (Å²) in [6.45, 7) is 2.92. The minimum atomic E-state index is -0.608. The summed E-state index contributed by atoms with van der Waals surface area (Å²) in [4.78, 5) is 4.08. The fraction of sp³-hybridized carbons (Fsp3) is 0.417. The highest BCUT2D eigenvalue weighted by Crippen LogP contribution is 2.10. The second kappa shape index (κ2) is 7.60. The van der Waals surface area contributed by atoms with E-state index in [-0.39, 0.29) is 6.54 Å². The number of hydrogen-bond donors (Lipinski definition) is 3. The fourth-order valence-electron chi connectivity index (χ4n) is 1.35. The van der Waals surface area contributed by atoms with Gasteiger partial charge in [0, 0.05) is 18.2 Å². The zero-order chi connectivity index (χ0) is 13.4. The Kier molecular flexibility index (Phi) is 6.07. The second-order valence-corrected chi connectivity index (χ2v) is 3.83. The zero-order valence-corrected chi connectivity index (χ0v) is 10.3. The van der Waals surface area contributed by atoms with Gasteiger partial charge >= 0.3 is 0 Å². The predicted molar refractivity (Wildman–Crippen MR) is 67.7 cm³/mol. The van der Waals surface area contributed by atoms with Gasteiger partial charge in [-0.1, -0.05) is 19.4 Å². The first-order chi connectivity index (χ1) is 8.67. The lowest BCUT2D eigenvalue weighted by Gasteiger charge is -2.08. The van der Waals surface area contributed by atoms with Crippen molar-refractivity contribution in [1.29, 1.82) is 0 Å². The minimum absolute atomic E-state index is 0.102. The van der Waals surface area contributed by atoms with E-state index in [1.807, 2.05) is 0 Å². The van der Waals surface area contributed by atoms with Crippen molar-refractivity contribution in [3.63, 3.8) is 0 Å². The number of nitrogens with one attached hydrogen (secondary N) is 2. The maximum absolute atomic E-state index is 13.3. The molecule has 0 amide bonds. The van der Waals surface area contributed by atoms with Crippen molar-refractivity contribution in [2.75, 3.05) is 6.54 Å². The summed E-state index contributed by atoms with van der Waals surface area (Å²) in [6, 6.07) is 3.41. The highest BCUT2D eigenvalue weighted by Gasteiger charge is 2.03. The van der Waals surface area contributed by atoms with Crippen LogP contribution >= 0.6 is 0 Å². The number of hydrogen-bond acceptors (Lipinski definition) is 2. The quantitative estimate of drug-likeness (QED) is 0.247. The van der Waals surface area contributed by atoms with Crippen LogP contribution in [-0.4, -0.2) is 12.5 Å². The first-order valence-electron chi connectivity index (χ1n) is 5.86. The third kappa shape index (κ3) is 4.67. The molecule has 0 saturated heterocycles. The molecule has 0 aliphatic carbocycles. The molecule has 0 spiro atoms. The van der Waals surface area contributed by atoms with Crippen LogP contribution in [0.5, 0.6) is 0 Å². The highest BCUT2D eigenvalue weighted by atomic mass is 19.1. The molecule has 100 valence electrons. The molecule has 1 aromatic carbocycles. The van der Waals surface area contributed by atoms with Crippen molar-refractivity contribution in [1.82, 2.24) is 10.7 Å². The van der Waals surface area contributed by atoms with Crippen LogP contribution < -0.4 is 16.6 Å². The van der Waals surface area contributed by atoms with Crippen molar-refractivity contribution in [3.05, 3.63) is 35.4 Å². The highest BCUT2D eigenvalue weighted by molar-refractivity contribution is 5.79. The average molecular weight is 256 g/mol. The number of hydrazine groups is 1. The molecular weight excluding hydrogens is 238 g/mol. The Labute approximate surface area is 105 Å². The number of halogens is 2. The van der Waals surface area contributed by atoms with E-state index in [0.717, 1.165) is 25.5 Å². The molecule has 0 unspecified atom stereocenters. The minimum Gasteiger partial charge on any atom is -0.355 e. The van der Waals surface area contributed by atoms with Crippen molar-refractivity contribution < 1.29 is 8.78 Å². The Bertz CT molecular complexity index is 407. The summed E-state index contributed by atoms with van der Waals surface area (Å²) < 4.78 is 26.0. The number of unbranched alkanes of at least 4 members (excludes halogenated alkanes) is 1. The molecule has 1 aromatic rings. The molecule has 0 aliphatic heterocycles. The van der Waals surface area contributed by atoms with Gasteiger partial charge in [0.2, 0.25) is 5.96 Å². The number of aliphatic imine (C=N–C) groups is 1. The molecule has 0 saturated carbocycles. The molecular formula is C12H18F2N4. The maximum Gasteiger partial charge on any atom is 0.206 e. The molecule has 0 heterocycles. The van der Waals surface area contributed by atoms with E-state index in [2.05, 4.69) is 22.7 Å². The number of nitrogens with zero attached hydrogens (tertiary/aromatic N) is 1. The van der Waals surface area contributed by atoms with Gasteiger partial charge in [-0.15, -0.1) is 0 Å². The van der Waals surface area contributed by atoms with E-state index in [0.29, 0.717) is 11.5 Å². The van der Waals surface area contributed by atoms with Crippen molar-refractivity contribution in [2.45, 2.75) is 26.3 Å². The van der Waals surface area contributed by atoms with Crippen LogP contribution in [0.25, 0.3) is 0 Å². The predicted octanol–water partition coefficient (Wildman–Crippen LogP) is 1.67. The fourth-order valence-corrected chi connectivity index (χ4v) is 1.35. The van der Waals surface area contributed by atoms with Crippen LogP contribution in [0.4, 0.5) is 8.78 Å². The summed E-state index contributed by atoms with van der Waals surface area (Å²) in [6.07, 6.45) is 2.04. The standard InChI is InChI=1S/C12H18F2N4/c1-2-3-6-16-12(18-15)17-8-9-4-5-10(13)7-11(9)14/h4-5,7H,2-3,6,8,15H2,1H3,(H2,16,17,18). The number of guanidine groups is 1. The van der Waals surface area contributed by atoms with E-state index in [9.17, 15) is 8.78 Å². The summed E-state index contributed by atoms with van der Waals surface area (Å²) in [5.74, 6) is 4.47. The van der Waals surface area contributed by atoms with Crippen LogP contribution in [0, 0.1) is 11.6 Å². The summed E-state index contributed by atoms with van der Waals surface area (Å²) in [7, 11) is 0. The van der Waals surface area contributed by atoms with Crippen LogP contribution in [-0.2, 0) is 6.54 Å². The van der Waals surface area contributed by atoms with Gasteiger partial charge in [0.15, 0.2) is 0 Å². The molecule has 0 fully saturated rings. The molecule has 0 radical (unpaired) electrons. The van der Waals surface area contributed by atoms with Crippen LogP contribution in [0.1, 0.15) is 25.3 Å². The molecule has 0 atom stereocenters. The number of nitrogens with two attached hydrogens (primary N) is 1. The van der Waals surface area contributed by atoms with Crippen molar-refractivity contribution in [2.24, 2.45) is 10.8 Å². The second-order valence-electron chi connectivity index (χ2n) is 3.83. The molecule has 0 bridgehead atoms. The smallest absolute Gasteiger partial charge is 0.206 e. The lowest BCUT2D eigenvalue weighted by Crippen LogP contribution is -2.42. The Morgan fingerprint density at radius 1 is 1.39 bits per heavy atom. The van der Waals surface area contributed by atoms with E-state index in [1.165, 1.54) is 12.1 Å². The van der Waals surface area contributed by atoms with E-state index < -0.39 is 11.6 Å². The van der Waals surface area contributed by atoms with Crippen molar-refractivity contribution >= 4 is 5.96 Å². The first kappa shape index (κ1) is 14.4. The van der Waals surface area contributed by atoms with Gasteiger partial charge in [-0.3, -0.25) is 5.43 Å². The molecule has 0 aliphatic rings. The van der Waals surface area contributed by atoms with Gasteiger partial charge in [0.05, 0.1) is 6.54 Å². The molecule has 1 rings (SSSR count). The molecule has 4 N–H and O–H groups in total. The van der Waals surface area contributed by atoms with Crippen LogP contribution in [0.2, 0.25) is 0 Å². The lowest BCUT2D eigenvalue weighted by atomic mass is 10.2. The summed E-state index contributed by atoms with van der Waals surface area (Å²) >= 11 is 0. The molecule has 0 aromatic heterocycles. The summed E-state index contributed by atoms with van der Waals surface area (Å²) in [5, 5.41) is 2.99. The van der Waals surface area contributed by atoms with Gasteiger partial charge in [-0.05, 0) is 12.5 Å². The maximum atomic E-state index is 13.3. The Balaban J connectivity index is 2.59. The first-order valence-corrected chi connectivity index (χ1v) is 5.86. The van der Waals surface area contributed by atoms with E-state index >= 15 is 0 Å². The Morgan fingerprint density at radius 2 is 2.17 bits per heavy atom. The Morgan fingerprint density at radius 3 is 2.78 bits per heavy atom. The third-order valence-electron chi connectivity index (χ3n) is 2.38. The zero-order valence-electron chi connectivity index (χ0n) is 10.3. The van der Waals surface area contributed by atoms with Crippen LogP contribution in [0.3, 0.4) is 0 Å². The monoisotopic (exact) mass is 256 g/mol. The summed E-state index contributed by atoms with van der Waals surface area (Å²) in [5.41, 5.74) is 2.73.